The molecule has 1 saturated heterocycles. The molecule has 11 nitrogen and oxygen atoms in total. The Labute approximate surface area is 267 Å². The van der Waals surface area contributed by atoms with Crippen LogP contribution in [0.1, 0.15) is 34.6 Å². The number of amides is 1. The smallest absolute Gasteiger partial charge is 0.407 e. The van der Waals surface area contributed by atoms with Gasteiger partial charge in [0.25, 0.3) is 0 Å². The van der Waals surface area contributed by atoms with Crippen molar-refractivity contribution in [2.75, 3.05) is 65.0 Å². The molecule has 1 amide bonds. The lowest BCUT2D eigenvalue weighted by Crippen LogP contribution is -2.37. The van der Waals surface area contributed by atoms with Crippen molar-refractivity contribution >= 4 is 30.5 Å². The molecular weight excluding hydrogens is 572 g/mol. The van der Waals surface area contributed by atoms with Gasteiger partial charge in [-0.05, 0) is 83.8 Å². The highest BCUT2D eigenvalue weighted by Gasteiger charge is 2.19. The van der Waals surface area contributed by atoms with Gasteiger partial charge in [-0.2, -0.15) is 0 Å². The largest absolute Gasteiger partial charge is 0.492 e. The lowest BCUT2D eigenvalue weighted by Gasteiger charge is -2.26. The molecule has 11 heteroatoms. The van der Waals surface area contributed by atoms with Gasteiger partial charge in [0, 0.05) is 36.9 Å². The maximum atomic E-state index is 12.3. The zero-order valence-corrected chi connectivity index (χ0v) is 27.5. The van der Waals surface area contributed by atoms with Crippen LogP contribution in [-0.2, 0) is 14.3 Å². The average molecular weight is 621 g/mol. The van der Waals surface area contributed by atoms with Crippen molar-refractivity contribution < 1.29 is 23.8 Å². The minimum Gasteiger partial charge on any atom is -0.492 e. The minimum atomic E-state index is -0.540. The van der Waals surface area contributed by atoms with Gasteiger partial charge in [0.05, 0.1) is 26.4 Å². The molecule has 2 aromatic carbocycles. The maximum absolute atomic E-state index is 12.3. The summed E-state index contributed by atoms with van der Waals surface area (Å²) in [5, 5.41) is 6.04. The second-order valence-electron chi connectivity index (χ2n) is 12.0. The van der Waals surface area contributed by atoms with E-state index in [1.54, 1.807) is 0 Å². The fourth-order valence-corrected chi connectivity index (χ4v) is 4.30. The van der Waals surface area contributed by atoms with Crippen molar-refractivity contribution in [3.8, 4) is 16.9 Å². The summed E-state index contributed by atoms with van der Waals surface area (Å²) in [4.78, 5) is 37.3. The summed E-state index contributed by atoms with van der Waals surface area (Å²) in [5.41, 5.74) is 3.35. The van der Waals surface area contributed by atoms with Crippen LogP contribution in [0.25, 0.3) is 11.1 Å². The number of carbonyl (C=O) groups is 2. The number of morpholine rings is 1. The number of carbonyl (C=O) groups excluding carboxylic acids is 2. The number of likely N-dealkylation sites (N-methyl/N-ethyl adjacent to an activating group) is 1. The van der Waals surface area contributed by atoms with E-state index in [4.69, 9.17) is 14.2 Å². The molecular formula is C34H48N6O5. The number of alkyl carbamates (subject to hydrolysis) is 1. The number of nitrogens with zero attached hydrogens (tertiary/aromatic N) is 4. The van der Waals surface area contributed by atoms with E-state index in [1.165, 1.54) is 0 Å². The summed E-state index contributed by atoms with van der Waals surface area (Å²) in [6.45, 7) is 17.9. The molecule has 1 fully saturated rings. The monoisotopic (exact) mass is 620 g/mol. The maximum Gasteiger partial charge on any atom is 0.407 e. The van der Waals surface area contributed by atoms with Crippen molar-refractivity contribution in [3.05, 3.63) is 59.9 Å². The summed E-state index contributed by atoms with van der Waals surface area (Å²) < 4.78 is 16.4. The number of nitrogens with one attached hydrogen (secondary N) is 2. The zero-order chi connectivity index (χ0) is 32.8. The van der Waals surface area contributed by atoms with E-state index in [-0.39, 0.29) is 6.04 Å². The third-order valence-corrected chi connectivity index (χ3v) is 7.07. The van der Waals surface area contributed by atoms with E-state index in [9.17, 15) is 9.59 Å². The summed E-state index contributed by atoms with van der Waals surface area (Å²) in [6, 6.07) is 16.0. The summed E-state index contributed by atoms with van der Waals surface area (Å²) in [5.74, 6) is 1.20. The molecule has 1 heterocycles. The van der Waals surface area contributed by atoms with Crippen LogP contribution in [0.15, 0.2) is 69.9 Å². The zero-order valence-electron chi connectivity index (χ0n) is 27.5. The number of ether oxygens (including phenoxy) is 3. The Morgan fingerprint density at radius 1 is 1.09 bits per heavy atom. The first-order valence-corrected chi connectivity index (χ1v) is 15.3. The number of benzene rings is 2. The molecule has 0 spiro atoms. The fourth-order valence-electron chi connectivity index (χ4n) is 4.30. The van der Waals surface area contributed by atoms with E-state index in [0.717, 1.165) is 36.2 Å². The normalized spacial score (nSPS) is 15.0. The van der Waals surface area contributed by atoms with Gasteiger partial charge in [0.15, 0.2) is 6.29 Å². The minimum absolute atomic E-state index is 0.253. The van der Waals surface area contributed by atoms with Gasteiger partial charge >= 0.3 is 6.09 Å². The lowest BCUT2D eigenvalue weighted by molar-refractivity contribution is -0.102. The van der Waals surface area contributed by atoms with Gasteiger partial charge in [-0.25, -0.2) is 9.79 Å². The van der Waals surface area contributed by atoms with Gasteiger partial charge in [0.2, 0.25) is 0 Å². The first-order chi connectivity index (χ1) is 21.5. The number of rotatable bonds is 15. The van der Waals surface area contributed by atoms with Gasteiger partial charge in [0.1, 0.15) is 29.5 Å². The van der Waals surface area contributed by atoms with Gasteiger partial charge in [-0.15, -0.1) is 0 Å². The Kier molecular flexibility index (Phi) is 13.7. The molecule has 2 N–H and O–H groups in total. The second-order valence-corrected chi connectivity index (χ2v) is 12.0. The molecule has 0 unspecified atom stereocenters. The molecule has 0 aliphatic carbocycles. The molecule has 2 aromatic rings. The summed E-state index contributed by atoms with van der Waals surface area (Å²) in [6.07, 6.45) is 0.330. The molecule has 0 bridgehead atoms. The molecule has 45 heavy (non-hydrogen) atoms. The highest BCUT2D eigenvalue weighted by molar-refractivity contribution is 6.36. The SMILES string of the molecule is C=N/C(Nc1ccc(-c2ccc(OCCNC(=O)OC(C)(C)C)cc2)cc1)=C(CN(C)C(C)C)\C(C=O)=N/CN1CCOCC1. The molecule has 0 atom stereocenters. The van der Waals surface area contributed by atoms with Crippen LogP contribution in [-0.4, -0.2) is 106 Å². The van der Waals surface area contributed by atoms with Crippen LogP contribution >= 0.6 is 0 Å². The van der Waals surface area contributed by atoms with Crippen molar-refractivity contribution in [2.24, 2.45) is 9.98 Å². The second kappa shape index (κ2) is 17.4. The predicted molar refractivity (Wildman–Crippen MR) is 180 cm³/mol. The van der Waals surface area contributed by atoms with E-state index < -0.39 is 11.7 Å². The summed E-state index contributed by atoms with van der Waals surface area (Å²) >= 11 is 0. The van der Waals surface area contributed by atoms with E-state index in [2.05, 4.69) is 51.0 Å². The Morgan fingerprint density at radius 3 is 2.27 bits per heavy atom. The van der Waals surface area contributed by atoms with Crippen LogP contribution < -0.4 is 15.4 Å². The molecule has 0 radical (unpaired) electrons. The Morgan fingerprint density at radius 2 is 1.71 bits per heavy atom. The molecule has 0 saturated carbocycles. The van der Waals surface area contributed by atoms with Crippen LogP contribution in [0.2, 0.25) is 0 Å². The third-order valence-electron chi connectivity index (χ3n) is 7.07. The van der Waals surface area contributed by atoms with Crippen molar-refractivity contribution in [1.82, 2.24) is 15.1 Å². The quantitative estimate of drug-likeness (QED) is 0.165. The first-order valence-electron chi connectivity index (χ1n) is 15.3. The average Bonchev–Trinajstić information content (AvgIpc) is 3.02. The standard InChI is InChI=1S/C34H48N6O5/c1-25(2)39(7)22-30(31(23-41)37-24-40-17-20-43-21-18-40)32(35-6)38-28-12-8-26(9-13-28)27-10-14-29(15-11-27)44-19-16-36-33(42)45-34(3,4)5/h8-15,23,25,38H,6,16-22,24H2,1-5,7H3,(H,36,42)/b32-30+,37-31-. The van der Waals surface area contributed by atoms with Gasteiger partial charge < -0.3 is 24.8 Å². The summed E-state index contributed by atoms with van der Waals surface area (Å²) in [7, 11) is 2.00. The molecule has 1 aliphatic heterocycles. The van der Waals surface area contributed by atoms with Crippen molar-refractivity contribution in [2.45, 2.75) is 46.3 Å². The molecule has 244 valence electrons. The molecule has 0 aromatic heterocycles. The number of aliphatic imine (C=N–C) groups is 2. The van der Waals surface area contributed by atoms with E-state index in [1.807, 2.05) is 76.3 Å². The van der Waals surface area contributed by atoms with Crippen LogP contribution in [0.3, 0.4) is 0 Å². The van der Waals surface area contributed by atoms with Crippen molar-refractivity contribution in [3.63, 3.8) is 0 Å². The number of aldehydes is 1. The highest BCUT2D eigenvalue weighted by Crippen LogP contribution is 2.25. The Hall–Kier alpha value is -4.06. The van der Waals surface area contributed by atoms with Gasteiger partial charge in [-0.3, -0.25) is 19.6 Å². The number of hydrogen-bond acceptors (Lipinski definition) is 10. The highest BCUT2D eigenvalue weighted by atomic mass is 16.6. The van der Waals surface area contributed by atoms with Crippen LogP contribution in [0.5, 0.6) is 5.75 Å². The molecule has 3 rings (SSSR count). The number of anilines is 1. The Balaban J connectivity index is 1.68. The third kappa shape index (κ3) is 12.1. The lowest BCUT2D eigenvalue weighted by atomic mass is 10.1. The first kappa shape index (κ1) is 35.4. The van der Waals surface area contributed by atoms with E-state index in [0.29, 0.717) is 62.4 Å². The fraction of sp³-hybridized carbons (Fsp3) is 0.471. The number of hydrogen-bond donors (Lipinski definition) is 2. The topological polar surface area (TPSA) is 117 Å². The Bertz CT molecular complexity index is 1310. The van der Waals surface area contributed by atoms with E-state index >= 15 is 0 Å². The molecule has 1 aliphatic rings. The van der Waals surface area contributed by atoms with Gasteiger partial charge in [-0.1, -0.05) is 24.3 Å². The van der Waals surface area contributed by atoms with Crippen LogP contribution in [0, 0.1) is 0 Å². The van der Waals surface area contributed by atoms with Crippen molar-refractivity contribution in [1.29, 1.82) is 0 Å². The van der Waals surface area contributed by atoms with Crippen LogP contribution in [0.4, 0.5) is 10.5 Å². The predicted octanol–water partition coefficient (Wildman–Crippen LogP) is 4.85.